The summed E-state index contributed by atoms with van der Waals surface area (Å²) in [7, 11) is 0. The average Bonchev–Trinajstić information content (AvgIpc) is 2.75. The van der Waals surface area contributed by atoms with Gasteiger partial charge in [0.25, 0.3) is 0 Å². The summed E-state index contributed by atoms with van der Waals surface area (Å²) in [6.07, 6.45) is -2.21. The normalized spacial score (nSPS) is 17.6. The number of nitrogens with zero attached hydrogens (tertiary/aromatic N) is 2. The van der Waals surface area contributed by atoms with Crippen LogP contribution in [0.5, 0.6) is 0 Å². The van der Waals surface area contributed by atoms with Gasteiger partial charge in [0.05, 0.1) is 6.42 Å². The molecule has 0 aromatic heterocycles. The number of hydrogen-bond acceptors (Lipinski definition) is 3. The molecule has 9 heteroatoms. The van der Waals surface area contributed by atoms with Crippen LogP contribution in [0.25, 0.3) is 0 Å². The van der Waals surface area contributed by atoms with Crippen molar-refractivity contribution in [2.24, 2.45) is 5.41 Å². The Kier molecular flexibility index (Phi) is 8.02. The highest BCUT2D eigenvalue weighted by Gasteiger charge is 2.46. The third kappa shape index (κ3) is 7.20. The summed E-state index contributed by atoms with van der Waals surface area (Å²) in [4.78, 5) is 26.0. The molecule has 4 rings (SSSR count). The molecule has 1 spiro atoms. The van der Waals surface area contributed by atoms with Crippen LogP contribution in [0.3, 0.4) is 0 Å². The molecule has 2 aliphatic heterocycles. The summed E-state index contributed by atoms with van der Waals surface area (Å²) in [5.74, 6) is -2.52. The summed E-state index contributed by atoms with van der Waals surface area (Å²) in [6.45, 7) is 5.16. The van der Waals surface area contributed by atoms with Crippen molar-refractivity contribution in [3.05, 3.63) is 70.7 Å². The molecule has 178 valence electrons. The number of carbonyl (C=O) groups excluding carboxylic acids is 1. The van der Waals surface area contributed by atoms with Gasteiger partial charge in [0.15, 0.2) is 0 Å². The summed E-state index contributed by atoms with van der Waals surface area (Å²) < 4.78 is 31.7. The van der Waals surface area contributed by atoms with Crippen molar-refractivity contribution >= 4 is 23.5 Å². The number of rotatable bonds is 4. The summed E-state index contributed by atoms with van der Waals surface area (Å²) in [5, 5.41) is 7.84. The van der Waals surface area contributed by atoms with E-state index in [2.05, 4.69) is 35.2 Å². The Hall–Kier alpha value is -2.58. The lowest BCUT2D eigenvalue weighted by Crippen LogP contribution is -2.62. The molecule has 2 saturated heterocycles. The molecule has 0 saturated carbocycles. The first kappa shape index (κ1) is 25.1. The maximum Gasteiger partial charge on any atom is 0.490 e. The Morgan fingerprint density at radius 3 is 2.00 bits per heavy atom. The van der Waals surface area contributed by atoms with Gasteiger partial charge in [-0.2, -0.15) is 13.2 Å². The van der Waals surface area contributed by atoms with Crippen LogP contribution in [0.1, 0.15) is 24.0 Å². The predicted molar refractivity (Wildman–Crippen MR) is 119 cm³/mol. The zero-order valence-electron chi connectivity index (χ0n) is 18.0. The largest absolute Gasteiger partial charge is 0.490 e. The number of benzene rings is 2. The van der Waals surface area contributed by atoms with Crippen molar-refractivity contribution in [3.63, 3.8) is 0 Å². The Balaban J connectivity index is 0.000000383. The van der Waals surface area contributed by atoms with Crippen molar-refractivity contribution in [2.75, 3.05) is 26.2 Å². The van der Waals surface area contributed by atoms with Gasteiger partial charge in [-0.1, -0.05) is 54.1 Å². The molecule has 2 heterocycles. The zero-order chi connectivity index (χ0) is 24.1. The van der Waals surface area contributed by atoms with Crippen LogP contribution in [0.4, 0.5) is 13.2 Å². The van der Waals surface area contributed by atoms with E-state index in [0.717, 1.165) is 38.3 Å². The van der Waals surface area contributed by atoms with Crippen molar-refractivity contribution in [1.82, 2.24) is 9.80 Å². The van der Waals surface area contributed by atoms with Crippen LogP contribution in [0.15, 0.2) is 54.6 Å². The molecule has 0 bridgehead atoms. The molecule has 0 unspecified atom stereocenters. The summed E-state index contributed by atoms with van der Waals surface area (Å²) in [5.41, 5.74) is 2.79. The van der Waals surface area contributed by atoms with Crippen molar-refractivity contribution in [1.29, 1.82) is 0 Å². The molecular weight excluding hydrogens is 457 g/mol. The monoisotopic (exact) mass is 482 g/mol. The van der Waals surface area contributed by atoms with Crippen LogP contribution in [-0.4, -0.2) is 59.1 Å². The standard InChI is InChI=1S/C22H25ClN2O.C2HF3O2/c23-20-8-6-18(7-9-20)14-21(26)25-16-22(17-25)10-12-24(13-11-22)15-19-4-2-1-3-5-19;3-2(4,5)1(6)7/h1-9H,10-17H2;(H,6,7). The molecule has 1 N–H and O–H groups in total. The highest BCUT2D eigenvalue weighted by molar-refractivity contribution is 6.30. The fourth-order valence-electron chi connectivity index (χ4n) is 4.17. The van der Waals surface area contributed by atoms with E-state index in [0.29, 0.717) is 16.9 Å². The van der Waals surface area contributed by atoms with Crippen LogP contribution in [0, 0.1) is 5.41 Å². The molecule has 2 fully saturated rings. The molecule has 2 aliphatic rings. The second kappa shape index (κ2) is 10.6. The Morgan fingerprint density at radius 2 is 1.48 bits per heavy atom. The van der Waals surface area contributed by atoms with E-state index < -0.39 is 12.1 Å². The number of piperidine rings is 1. The van der Waals surface area contributed by atoms with Gasteiger partial charge in [0.1, 0.15) is 0 Å². The van der Waals surface area contributed by atoms with Crippen LogP contribution < -0.4 is 0 Å². The fourth-order valence-corrected chi connectivity index (χ4v) is 4.30. The Labute approximate surface area is 195 Å². The Bertz CT molecular complexity index is 936. The molecule has 0 radical (unpaired) electrons. The number of carboxylic acids is 1. The second-order valence-corrected chi connectivity index (χ2v) is 9.05. The third-order valence-electron chi connectivity index (χ3n) is 6.08. The first-order valence-electron chi connectivity index (χ1n) is 10.6. The van der Waals surface area contributed by atoms with Gasteiger partial charge in [-0.15, -0.1) is 0 Å². The predicted octanol–water partition coefficient (Wildman–Crippen LogP) is 4.64. The molecule has 0 atom stereocenters. The molecule has 5 nitrogen and oxygen atoms in total. The number of hydrogen-bond donors (Lipinski definition) is 1. The van der Waals surface area contributed by atoms with E-state index in [4.69, 9.17) is 21.5 Å². The quantitative estimate of drug-likeness (QED) is 0.689. The van der Waals surface area contributed by atoms with Gasteiger partial charge in [-0.05, 0) is 49.2 Å². The maximum atomic E-state index is 12.5. The number of aliphatic carboxylic acids is 1. The van der Waals surface area contributed by atoms with E-state index in [1.807, 2.05) is 29.2 Å². The number of halogens is 4. The number of alkyl halides is 3. The van der Waals surface area contributed by atoms with Crippen molar-refractivity contribution < 1.29 is 27.9 Å². The zero-order valence-corrected chi connectivity index (χ0v) is 18.8. The molecule has 0 aliphatic carbocycles. The first-order chi connectivity index (χ1) is 15.6. The van der Waals surface area contributed by atoms with Crippen molar-refractivity contribution in [3.8, 4) is 0 Å². The maximum absolute atomic E-state index is 12.5. The van der Waals surface area contributed by atoms with Crippen LogP contribution in [-0.2, 0) is 22.6 Å². The van der Waals surface area contributed by atoms with Gasteiger partial charge in [-0.25, -0.2) is 4.79 Å². The van der Waals surface area contributed by atoms with Gasteiger partial charge in [0, 0.05) is 30.1 Å². The highest BCUT2D eigenvalue weighted by atomic mass is 35.5. The van der Waals surface area contributed by atoms with E-state index >= 15 is 0 Å². The highest BCUT2D eigenvalue weighted by Crippen LogP contribution is 2.40. The molecule has 1 amide bonds. The van der Waals surface area contributed by atoms with Crippen molar-refractivity contribution in [2.45, 2.75) is 32.0 Å². The number of carboxylic acid groups (broad SMARTS) is 1. The molecule has 2 aromatic carbocycles. The van der Waals surface area contributed by atoms with Gasteiger partial charge >= 0.3 is 12.1 Å². The van der Waals surface area contributed by atoms with E-state index in [1.54, 1.807) is 0 Å². The fraction of sp³-hybridized carbons (Fsp3) is 0.417. The molecule has 2 aromatic rings. The minimum Gasteiger partial charge on any atom is -0.475 e. The lowest BCUT2D eigenvalue weighted by atomic mass is 9.71. The van der Waals surface area contributed by atoms with Crippen LogP contribution >= 0.6 is 11.6 Å². The van der Waals surface area contributed by atoms with Crippen LogP contribution in [0.2, 0.25) is 5.02 Å². The summed E-state index contributed by atoms with van der Waals surface area (Å²) >= 11 is 5.91. The SMILES string of the molecule is O=C(Cc1ccc(Cl)cc1)N1CC2(CCN(Cc3ccccc3)CC2)C1.O=C(O)C(F)(F)F. The third-order valence-corrected chi connectivity index (χ3v) is 6.33. The number of amides is 1. The lowest BCUT2D eigenvalue weighted by molar-refractivity contribution is -0.192. The number of carbonyl (C=O) groups is 2. The Morgan fingerprint density at radius 1 is 0.939 bits per heavy atom. The molecular formula is C24H26ClF3N2O3. The smallest absolute Gasteiger partial charge is 0.475 e. The average molecular weight is 483 g/mol. The van der Waals surface area contributed by atoms with E-state index in [9.17, 15) is 18.0 Å². The topological polar surface area (TPSA) is 60.9 Å². The summed E-state index contributed by atoms with van der Waals surface area (Å²) in [6, 6.07) is 18.3. The van der Waals surface area contributed by atoms with Gasteiger partial charge < -0.3 is 10.0 Å². The number of likely N-dealkylation sites (tertiary alicyclic amines) is 2. The van der Waals surface area contributed by atoms with E-state index in [1.165, 1.54) is 18.4 Å². The minimum atomic E-state index is -5.08. The second-order valence-electron chi connectivity index (χ2n) is 8.62. The lowest BCUT2D eigenvalue weighted by Gasteiger charge is -2.54. The van der Waals surface area contributed by atoms with Gasteiger partial charge in [-0.3, -0.25) is 9.69 Å². The minimum absolute atomic E-state index is 0.240. The van der Waals surface area contributed by atoms with E-state index in [-0.39, 0.29) is 5.91 Å². The first-order valence-corrected chi connectivity index (χ1v) is 11.0. The van der Waals surface area contributed by atoms with Gasteiger partial charge in [0.2, 0.25) is 5.91 Å². The molecule has 33 heavy (non-hydrogen) atoms.